The first-order valence-corrected chi connectivity index (χ1v) is 24.2. The summed E-state index contributed by atoms with van der Waals surface area (Å²) in [6.45, 7) is 7.15. The molecule has 3 aromatic carbocycles. The molecule has 1 unspecified atom stereocenters. The largest absolute Gasteiger partial charge is 0.383 e. The number of piperidine rings is 1. The highest BCUT2D eigenvalue weighted by molar-refractivity contribution is 7.98. The number of carbonyl (C=O) groups is 5. The average Bonchev–Trinajstić information content (AvgIpc) is 3.61. The van der Waals surface area contributed by atoms with E-state index in [0.717, 1.165) is 40.6 Å². The Balaban J connectivity index is 0.651. The normalized spacial score (nSPS) is 16.2. The highest BCUT2D eigenvalue weighted by Crippen LogP contribution is 2.30. The number of aromatic nitrogens is 1. The number of anilines is 3. The Bertz CT molecular complexity index is 2420. The number of hydrogen-bond acceptors (Lipinski definition) is 15. The molecule has 3 aliphatic rings. The molecule has 0 radical (unpaired) electrons. The number of guanidine groups is 1. The molecule has 0 saturated carbocycles. The molecule has 3 aliphatic heterocycles. The number of benzene rings is 3. The summed E-state index contributed by atoms with van der Waals surface area (Å²) in [6.07, 6.45) is 2.54. The fraction of sp³-hybridized carbons (Fsp3) is 0.408. The topological polar surface area (TPSA) is 229 Å². The molecule has 4 heterocycles. The number of nitrogens with zero attached hydrogens (tertiary/aromatic N) is 5. The van der Waals surface area contributed by atoms with Crippen molar-refractivity contribution in [3.63, 3.8) is 0 Å². The van der Waals surface area contributed by atoms with Gasteiger partial charge in [0, 0.05) is 66.7 Å². The van der Waals surface area contributed by atoms with Crippen molar-refractivity contribution in [1.82, 2.24) is 20.1 Å². The molecule has 5 amide bonds. The summed E-state index contributed by atoms with van der Waals surface area (Å²) >= 11 is 1.70. The number of ether oxygens (including phenoxy) is 5. The van der Waals surface area contributed by atoms with Crippen LogP contribution in [0.4, 0.5) is 22.9 Å². The average molecular weight is 966 g/mol. The number of fused-ring (bicyclic) bond motifs is 1. The van der Waals surface area contributed by atoms with Gasteiger partial charge >= 0.3 is 0 Å². The Labute approximate surface area is 405 Å². The number of rotatable bonds is 25. The third-order valence-corrected chi connectivity index (χ3v) is 12.2. The van der Waals surface area contributed by atoms with Crippen LogP contribution in [0.25, 0.3) is 11.3 Å². The van der Waals surface area contributed by atoms with Crippen molar-refractivity contribution in [3.8, 4) is 11.3 Å². The van der Waals surface area contributed by atoms with Gasteiger partial charge in [-0.3, -0.25) is 34.2 Å². The Morgan fingerprint density at radius 1 is 0.754 bits per heavy atom. The molecule has 20 heteroatoms. The maximum Gasteiger partial charge on any atom is 0.262 e. The summed E-state index contributed by atoms with van der Waals surface area (Å²) in [6, 6.07) is 25.7. The van der Waals surface area contributed by atoms with Crippen LogP contribution in [0.5, 0.6) is 0 Å². The number of piperazine rings is 1. The van der Waals surface area contributed by atoms with Crippen molar-refractivity contribution in [2.45, 2.75) is 30.2 Å². The number of amides is 5. The molecule has 7 rings (SSSR count). The Morgan fingerprint density at radius 2 is 1.38 bits per heavy atom. The Kier molecular flexibility index (Phi) is 18.9. The van der Waals surface area contributed by atoms with E-state index in [4.69, 9.17) is 29.4 Å². The summed E-state index contributed by atoms with van der Waals surface area (Å²) in [7, 11) is 0. The van der Waals surface area contributed by atoms with Crippen LogP contribution in [0.1, 0.15) is 40.0 Å². The van der Waals surface area contributed by atoms with E-state index >= 15 is 0 Å². The molecular formula is C49H59N9O10S. The van der Waals surface area contributed by atoms with Crippen LogP contribution in [-0.2, 0) is 38.1 Å². The second kappa shape index (κ2) is 25.8. The molecule has 0 aliphatic carbocycles. The van der Waals surface area contributed by atoms with Crippen molar-refractivity contribution >= 4 is 70.1 Å². The minimum atomic E-state index is -1.00. The summed E-state index contributed by atoms with van der Waals surface area (Å²) in [4.78, 5) is 77.9. The fourth-order valence-electron chi connectivity index (χ4n) is 7.82. The molecule has 4 aromatic rings. The molecule has 1 atom stereocenters. The van der Waals surface area contributed by atoms with Crippen LogP contribution < -0.4 is 26.6 Å². The number of carbonyl (C=O) groups excluding carboxylic acids is 5. The van der Waals surface area contributed by atoms with Gasteiger partial charge in [0.15, 0.2) is 11.8 Å². The lowest BCUT2D eigenvalue weighted by atomic mass is 10.0. The Hall–Kier alpha value is -6.42. The minimum Gasteiger partial charge on any atom is -0.383 e. The first kappa shape index (κ1) is 50.5. The van der Waals surface area contributed by atoms with Gasteiger partial charge in [-0.2, -0.15) is 4.99 Å². The van der Waals surface area contributed by atoms with E-state index in [0.29, 0.717) is 104 Å². The highest BCUT2D eigenvalue weighted by Gasteiger charge is 2.44. The first-order chi connectivity index (χ1) is 33.7. The van der Waals surface area contributed by atoms with Crippen LogP contribution in [0, 0.1) is 0 Å². The second-order valence-corrected chi connectivity index (χ2v) is 17.0. The van der Waals surface area contributed by atoms with E-state index in [-0.39, 0.29) is 35.8 Å². The number of pyridine rings is 1. The summed E-state index contributed by atoms with van der Waals surface area (Å²) < 4.78 is 27.9. The SMILES string of the molecule is CSc1ccc(-c2cccc(N=C(N)Nc3ccc(N4CCN(C(=O)CCOCCOCCOCCOCCOCCNc5ccc6c(c5)C(=O)N(C5CCC(=O)NC5=O)C6=O)CC4)cc3)n2)cc1. The van der Waals surface area contributed by atoms with E-state index in [9.17, 15) is 24.0 Å². The summed E-state index contributed by atoms with van der Waals surface area (Å²) in [5.74, 6) is -1.32. The zero-order valence-electron chi connectivity index (χ0n) is 38.7. The number of nitrogens with two attached hydrogens (primary N) is 1. The minimum absolute atomic E-state index is 0.0669. The molecule has 2 saturated heterocycles. The van der Waals surface area contributed by atoms with Gasteiger partial charge < -0.3 is 49.9 Å². The van der Waals surface area contributed by atoms with Gasteiger partial charge in [0.05, 0.1) is 89.3 Å². The summed E-state index contributed by atoms with van der Waals surface area (Å²) in [5.41, 5.74) is 11.0. The standard InChI is InChI=1S/C49H59N9O10S/c1-69-38-12-5-34(6-13-38)41-3-2-4-43(53-41)54-49(50)52-35-7-10-37(11-8-35)56-19-21-57(22-20-56)45(60)17-23-64-25-27-66-29-31-68-32-30-67-28-26-65-24-18-51-36-9-14-39-40(33-36)48(63)58(47(39)62)42-15-16-44(59)55-46(42)61/h2-14,33,42,51H,15-32H2,1H3,(H,55,59,61)(H3,50,52,53,54). The molecule has 1 aromatic heterocycles. The molecule has 366 valence electrons. The van der Waals surface area contributed by atoms with E-state index in [1.807, 2.05) is 65.8 Å². The van der Waals surface area contributed by atoms with Gasteiger partial charge in [-0.05, 0) is 79.4 Å². The van der Waals surface area contributed by atoms with E-state index in [1.165, 1.54) is 4.90 Å². The lowest BCUT2D eigenvalue weighted by molar-refractivity contribution is -0.136. The van der Waals surface area contributed by atoms with E-state index in [2.05, 4.69) is 43.0 Å². The van der Waals surface area contributed by atoms with Gasteiger partial charge in [-0.1, -0.05) is 18.2 Å². The predicted molar refractivity (Wildman–Crippen MR) is 262 cm³/mol. The fourth-order valence-corrected chi connectivity index (χ4v) is 8.23. The Morgan fingerprint density at radius 3 is 2.03 bits per heavy atom. The third kappa shape index (κ3) is 14.5. The van der Waals surface area contributed by atoms with Crippen molar-refractivity contribution in [2.75, 3.05) is 121 Å². The van der Waals surface area contributed by atoms with Crippen LogP contribution in [0.15, 0.2) is 94.8 Å². The van der Waals surface area contributed by atoms with Crippen LogP contribution in [-0.4, -0.2) is 161 Å². The molecular weight excluding hydrogens is 907 g/mol. The number of imide groups is 2. The molecule has 2 fully saturated rings. The second-order valence-electron chi connectivity index (χ2n) is 16.1. The van der Waals surface area contributed by atoms with Crippen LogP contribution in [0.3, 0.4) is 0 Å². The van der Waals surface area contributed by atoms with E-state index in [1.54, 1.807) is 30.0 Å². The lowest BCUT2D eigenvalue weighted by Crippen LogP contribution is -2.54. The maximum absolute atomic E-state index is 13.0. The van der Waals surface area contributed by atoms with Crippen molar-refractivity contribution in [2.24, 2.45) is 10.7 Å². The molecule has 0 spiro atoms. The third-order valence-electron chi connectivity index (χ3n) is 11.5. The number of nitrogens with one attached hydrogen (secondary N) is 3. The highest BCUT2D eigenvalue weighted by atomic mass is 32.2. The smallest absolute Gasteiger partial charge is 0.262 e. The number of hydrogen-bond donors (Lipinski definition) is 4. The molecule has 19 nitrogen and oxygen atoms in total. The summed E-state index contributed by atoms with van der Waals surface area (Å²) in [5, 5.41) is 8.51. The monoisotopic (exact) mass is 965 g/mol. The lowest BCUT2D eigenvalue weighted by Gasteiger charge is -2.36. The van der Waals surface area contributed by atoms with Crippen LogP contribution >= 0.6 is 11.8 Å². The maximum atomic E-state index is 13.0. The first-order valence-electron chi connectivity index (χ1n) is 23.0. The zero-order chi connectivity index (χ0) is 48.4. The van der Waals surface area contributed by atoms with Crippen LogP contribution in [0.2, 0.25) is 0 Å². The van der Waals surface area contributed by atoms with Gasteiger partial charge in [0.1, 0.15) is 6.04 Å². The van der Waals surface area contributed by atoms with Crippen molar-refractivity contribution in [3.05, 3.63) is 96.1 Å². The van der Waals surface area contributed by atoms with Gasteiger partial charge in [-0.25, -0.2) is 4.98 Å². The molecule has 69 heavy (non-hydrogen) atoms. The predicted octanol–water partition coefficient (Wildman–Crippen LogP) is 4.16. The number of aliphatic imine (C=N–C) groups is 1. The van der Waals surface area contributed by atoms with E-state index < -0.39 is 29.7 Å². The van der Waals surface area contributed by atoms with Gasteiger partial charge in [0.25, 0.3) is 11.8 Å². The molecule has 5 N–H and O–H groups in total. The zero-order valence-corrected chi connectivity index (χ0v) is 39.5. The number of thioether (sulfide) groups is 1. The van der Waals surface area contributed by atoms with Crippen molar-refractivity contribution in [1.29, 1.82) is 0 Å². The van der Waals surface area contributed by atoms with Gasteiger partial charge in [0.2, 0.25) is 17.7 Å². The molecule has 0 bridgehead atoms. The quantitative estimate of drug-likeness (QED) is 0.0240. The van der Waals surface area contributed by atoms with Gasteiger partial charge in [-0.15, -0.1) is 11.8 Å². The van der Waals surface area contributed by atoms with Crippen molar-refractivity contribution < 1.29 is 47.7 Å².